The highest BCUT2D eigenvalue weighted by atomic mass is 16.6. The minimum Gasteiger partial charge on any atom is -0.503 e. The van der Waals surface area contributed by atoms with Crippen LogP contribution in [0.1, 0.15) is 46.5 Å². The monoisotopic (exact) mass is 322 g/mol. The molecule has 0 unspecified atom stereocenters. The van der Waals surface area contributed by atoms with E-state index in [1.807, 2.05) is 20.8 Å². The van der Waals surface area contributed by atoms with E-state index < -0.39 is 5.60 Å². The number of pyridine rings is 1. The topological polar surface area (TPSA) is 71.9 Å². The molecular weight excluding hydrogens is 296 g/mol. The van der Waals surface area contributed by atoms with Crippen molar-refractivity contribution in [2.24, 2.45) is 0 Å². The number of ether oxygens (including phenoxy) is 2. The van der Waals surface area contributed by atoms with Crippen LogP contribution in [-0.2, 0) is 4.74 Å². The van der Waals surface area contributed by atoms with Crippen LogP contribution in [0.15, 0.2) is 18.3 Å². The molecule has 0 aliphatic carbocycles. The van der Waals surface area contributed by atoms with Gasteiger partial charge >= 0.3 is 6.09 Å². The van der Waals surface area contributed by atoms with Crippen LogP contribution in [0.4, 0.5) is 4.79 Å². The number of carbonyl (C=O) groups is 1. The van der Waals surface area contributed by atoms with Crippen molar-refractivity contribution < 1.29 is 19.4 Å². The van der Waals surface area contributed by atoms with Gasteiger partial charge in [0, 0.05) is 25.2 Å². The van der Waals surface area contributed by atoms with Gasteiger partial charge in [0.15, 0.2) is 5.75 Å². The number of carbonyl (C=O) groups excluding carboxylic acids is 1. The largest absolute Gasteiger partial charge is 0.503 e. The third kappa shape index (κ3) is 5.30. The summed E-state index contributed by atoms with van der Waals surface area (Å²) in [4.78, 5) is 18.1. The molecule has 1 aliphatic rings. The molecular formula is C17H26N2O4. The quantitative estimate of drug-likeness (QED) is 0.920. The standard InChI is InChI=1S/C17H26N2O4/c1-17(2,3)23-16(21)19-11-5-4-7-13(19)9-12-22-15-14(20)8-6-10-18-15/h6,8,10,13,20H,4-5,7,9,11-12H2,1-3H3/t13-/m1/s1. The number of hydrogen-bond acceptors (Lipinski definition) is 5. The first-order valence-electron chi connectivity index (χ1n) is 8.13. The van der Waals surface area contributed by atoms with E-state index in [0.29, 0.717) is 19.6 Å². The molecule has 0 spiro atoms. The number of rotatable bonds is 4. The van der Waals surface area contributed by atoms with Crippen molar-refractivity contribution in [3.05, 3.63) is 18.3 Å². The average Bonchev–Trinajstić information content (AvgIpc) is 2.48. The van der Waals surface area contributed by atoms with Crippen molar-refractivity contribution in [1.82, 2.24) is 9.88 Å². The molecule has 1 fully saturated rings. The molecule has 0 saturated carbocycles. The van der Waals surface area contributed by atoms with Gasteiger partial charge in [0.25, 0.3) is 5.88 Å². The minimum absolute atomic E-state index is 0.0279. The minimum atomic E-state index is -0.491. The summed E-state index contributed by atoms with van der Waals surface area (Å²) in [5.41, 5.74) is -0.491. The molecule has 1 aromatic rings. The second-order valence-electron chi connectivity index (χ2n) is 6.79. The lowest BCUT2D eigenvalue weighted by Gasteiger charge is -2.36. The Kier molecular flexibility index (Phi) is 5.69. The predicted molar refractivity (Wildman–Crippen MR) is 86.6 cm³/mol. The van der Waals surface area contributed by atoms with E-state index in [1.165, 1.54) is 6.07 Å². The Morgan fingerprint density at radius 2 is 2.22 bits per heavy atom. The summed E-state index contributed by atoms with van der Waals surface area (Å²) in [6.07, 6.45) is 5.04. The fourth-order valence-electron chi connectivity index (χ4n) is 2.65. The van der Waals surface area contributed by atoms with Crippen LogP contribution in [0.2, 0.25) is 0 Å². The summed E-state index contributed by atoms with van der Waals surface area (Å²) < 4.78 is 11.0. The maximum absolute atomic E-state index is 12.3. The average molecular weight is 322 g/mol. The number of nitrogens with zero attached hydrogens (tertiary/aromatic N) is 2. The van der Waals surface area contributed by atoms with E-state index in [4.69, 9.17) is 9.47 Å². The van der Waals surface area contributed by atoms with Crippen LogP contribution >= 0.6 is 0 Å². The normalized spacial score (nSPS) is 18.6. The molecule has 23 heavy (non-hydrogen) atoms. The number of hydrogen-bond donors (Lipinski definition) is 1. The Morgan fingerprint density at radius 1 is 1.43 bits per heavy atom. The molecule has 128 valence electrons. The zero-order valence-corrected chi connectivity index (χ0v) is 14.1. The maximum Gasteiger partial charge on any atom is 0.410 e. The van der Waals surface area contributed by atoms with Crippen LogP contribution in [0, 0.1) is 0 Å². The number of likely N-dealkylation sites (tertiary alicyclic amines) is 1. The molecule has 0 aromatic carbocycles. The van der Waals surface area contributed by atoms with Gasteiger partial charge in [-0.1, -0.05) is 0 Å². The number of aromatic hydroxyl groups is 1. The fourth-order valence-corrected chi connectivity index (χ4v) is 2.65. The van der Waals surface area contributed by atoms with Crippen molar-refractivity contribution in [1.29, 1.82) is 0 Å². The van der Waals surface area contributed by atoms with Crippen LogP contribution in [0.3, 0.4) is 0 Å². The predicted octanol–water partition coefficient (Wildman–Crippen LogP) is 3.35. The van der Waals surface area contributed by atoms with Gasteiger partial charge in [-0.2, -0.15) is 0 Å². The molecule has 1 N–H and O–H groups in total. The number of aromatic nitrogens is 1. The van der Waals surface area contributed by atoms with E-state index in [1.54, 1.807) is 17.2 Å². The molecule has 0 radical (unpaired) electrons. The van der Waals surface area contributed by atoms with Crippen molar-refractivity contribution >= 4 is 6.09 Å². The lowest BCUT2D eigenvalue weighted by molar-refractivity contribution is 0.00733. The summed E-state index contributed by atoms with van der Waals surface area (Å²) >= 11 is 0. The van der Waals surface area contributed by atoms with E-state index in [9.17, 15) is 9.90 Å². The third-order valence-electron chi connectivity index (χ3n) is 3.70. The molecule has 1 saturated heterocycles. The Morgan fingerprint density at radius 3 is 2.91 bits per heavy atom. The van der Waals surface area contributed by atoms with E-state index in [-0.39, 0.29) is 23.8 Å². The molecule has 2 heterocycles. The fraction of sp³-hybridized carbons (Fsp3) is 0.647. The van der Waals surface area contributed by atoms with Gasteiger partial charge in [-0.05, 0) is 52.2 Å². The van der Waals surface area contributed by atoms with Crippen molar-refractivity contribution in [2.45, 2.75) is 58.1 Å². The molecule has 1 aromatic heterocycles. The SMILES string of the molecule is CC(C)(C)OC(=O)N1CCCC[C@@H]1CCOc1ncccc1O. The van der Waals surface area contributed by atoms with Crippen LogP contribution in [0.25, 0.3) is 0 Å². The molecule has 0 bridgehead atoms. The van der Waals surface area contributed by atoms with Gasteiger partial charge in [0.2, 0.25) is 0 Å². The lowest BCUT2D eigenvalue weighted by Crippen LogP contribution is -2.46. The van der Waals surface area contributed by atoms with Gasteiger partial charge in [-0.3, -0.25) is 0 Å². The van der Waals surface area contributed by atoms with E-state index >= 15 is 0 Å². The van der Waals surface area contributed by atoms with Gasteiger partial charge < -0.3 is 19.5 Å². The second kappa shape index (κ2) is 7.53. The van der Waals surface area contributed by atoms with Crippen LogP contribution in [-0.4, -0.2) is 45.9 Å². The van der Waals surface area contributed by atoms with E-state index in [0.717, 1.165) is 19.3 Å². The first-order chi connectivity index (χ1) is 10.9. The molecule has 1 aliphatic heterocycles. The lowest BCUT2D eigenvalue weighted by atomic mass is 10.0. The van der Waals surface area contributed by atoms with Crippen molar-refractivity contribution in [2.75, 3.05) is 13.2 Å². The van der Waals surface area contributed by atoms with Crippen molar-refractivity contribution in [3.8, 4) is 11.6 Å². The molecule has 2 rings (SSSR count). The zero-order chi connectivity index (χ0) is 16.9. The van der Waals surface area contributed by atoms with Gasteiger partial charge in [0.05, 0.1) is 6.61 Å². The Hall–Kier alpha value is -1.98. The van der Waals surface area contributed by atoms with Crippen molar-refractivity contribution in [3.63, 3.8) is 0 Å². The van der Waals surface area contributed by atoms with Gasteiger partial charge in [0.1, 0.15) is 5.60 Å². The van der Waals surface area contributed by atoms with Crippen LogP contribution < -0.4 is 4.74 Å². The second-order valence-corrected chi connectivity index (χ2v) is 6.79. The first kappa shape index (κ1) is 17.4. The zero-order valence-electron chi connectivity index (χ0n) is 14.1. The summed E-state index contributed by atoms with van der Waals surface area (Å²) in [5, 5.41) is 9.64. The number of amides is 1. The summed E-state index contributed by atoms with van der Waals surface area (Å²) in [6.45, 7) is 6.73. The summed E-state index contributed by atoms with van der Waals surface area (Å²) in [7, 11) is 0. The Labute approximate surface area is 137 Å². The Bertz CT molecular complexity index is 528. The van der Waals surface area contributed by atoms with Gasteiger partial charge in [-0.15, -0.1) is 0 Å². The molecule has 1 amide bonds. The highest BCUT2D eigenvalue weighted by Gasteiger charge is 2.30. The highest BCUT2D eigenvalue weighted by molar-refractivity contribution is 5.68. The smallest absolute Gasteiger partial charge is 0.410 e. The van der Waals surface area contributed by atoms with Gasteiger partial charge in [-0.25, -0.2) is 9.78 Å². The molecule has 1 atom stereocenters. The highest BCUT2D eigenvalue weighted by Crippen LogP contribution is 2.24. The molecule has 6 nitrogen and oxygen atoms in total. The summed E-state index contributed by atoms with van der Waals surface area (Å²) in [5.74, 6) is 0.257. The number of piperidine rings is 1. The molecule has 6 heteroatoms. The summed E-state index contributed by atoms with van der Waals surface area (Å²) in [6, 6.07) is 3.29. The maximum atomic E-state index is 12.3. The van der Waals surface area contributed by atoms with Crippen LogP contribution in [0.5, 0.6) is 11.6 Å². The third-order valence-corrected chi connectivity index (χ3v) is 3.70. The first-order valence-corrected chi connectivity index (χ1v) is 8.13. The van der Waals surface area contributed by atoms with E-state index in [2.05, 4.69) is 4.98 Å². The Balaban J connectivity index is 1.89.